The van der Waals surface area contributed by atoms with Crippen LogP contribution >= 0.6 is 27.5 Å². The van der Waals surface area contributed by atoms with E-state index in [-0.39, 0.29) is 0 Å². The van der Waals surface area contributed by atoms with Gasteiger partial charge in [-0.2, -0.15) is 0 Å². The van der Waals surface area contributed by atoms with Crippen LogP contribution in [-0.2, 0) is 6.54 Å². The van der Waals surface area contributed by atoms with Crippen molar-refractivity contribution in [3.63, 3.8) is 0 Å². The third kappa shape index (κ3) is 3.97. The lowest BCUT2D eigenvalue weighted by atomic mass is 9.94. The molecule has 0 unspecified atom stereocenters. The summed E-state index contributed by atoms with van der Waals surface area (Å²) in [6.07, 6.45) is 6.86. The van der Waals surface area contributed by atoms with Gasteiger partial charge in [-0.05, 0) is 24.5 Å². The zero-order chi connectivity index (χ0) is 12.8. The zero-order valence-corrected chi connectivity index (χ0v) is 13.1. The molecule has 0 amide bonds. The van der Waals surface area contributed by atoms with E-state index in [4.69, 9.17) is 11.6 Å². The van der Waals surface area contributed by atoms with Gasteiger partial charge in [-0.3, -0.25) is 4.90 Å². The molecule has 1 aromatic rings. The van der Waals surface area contributed by atoms with Crippen LogP contribution in [0.5, 0.6) is 0 Å². The van der Waals surface area contributed by atoms with Crippen molar-refractivity contribution in [2.24, 2.45) is 0 Å². The summed E-state index contributed by atoms with van der Waals surface area (Å²) in [5.41, 5.74) is 1.26. The van der Waals surface area contributed by atoms with Crippen molar-refractivity contribution in [3.8, 4) is 0 Å². The summed E-state index contributed by atoms with van der Waals surface area (Å²) in [6.45, 7) is 2.09. The molecule has 3 heteroatoms. The highest BCUT2D eigenvalue weighted by Crippen LogP contribution is 2.25. The monoisotopic (exact) mass is 329 g/mol. The second-order valence-corrected chi connectivity index (χ2v) is 6.24. The average molecular weight is 331 g/mol. The molecule has 0 N–H and O–H groups in total. The number of alkyl halides is 1. The Morgan fingerprint density at radius 1 is 1.17 bits per heavy atom. The van der Waals surface area contributed by atoms with Gasteiger partial charge in [0.05, 0.1) is 0 Å². The molecule has 0 spiro atoms. The smallest absolute Gasteiger partial charge is 0.0451 e. The van der Waals surface area contributed by atoms with Gasteiger partial charge in [-0.1, -0.05) is 65.0 Å². The van der Waals surface area contributed by atoms with E-state index < -0.39 is 0 Å². The molecule has 0 radical (unpaired) electrons. The first kappa shape index (κ1) is 14.4. The van der Waals surface area contributed by atoms with Crippen molar-refractivity contribution in [2.75, 3.05) is 11.9 Å². The molecule has 1 aliphatic rings. The Bertz CT molecular complexity index is 363. The minimum Gasteiger partial charge on any atom is -0.295 e. The Balaban J connectivity index is 2.03. The van der Waals surface area contributed by atoms with Crippen LogP contribution in [0.2, 0.25) is 5.02 Å². The fourth-order valence-electron chi connectivity index (χ4n) is 2.79. The Kier molecular flexibility index (Phi) is 6.00. The van der Waals surface area contributed by atoms with Crippen LogP contribution in [0.15, 0.2) is 24.3 Å². The standard InChI is InChI=1S/C15H21BrClN/c16-10-11-18(14-7-2-1-3-8-14)12-13-6-4-5-9-15(13)17/h4-6,9,14H,1-3,7-8,10-12H2. The first-order chi connectivity index (χ1) is 8.81. The highest BCUT2D eigenvalue weighted by atomic mass is 79.9. The van der Waals surface area contributed by atoms with E-state index in [1.807, 2.05) is 12.1 Å². The summed E-state index contributed by atoms with van der Waals surface area (Å²) in [6, 6.07) is 8.96. The third-order valence-electron chi connectivity index (χ3n) is 3.79. The van der Waals surface area contributed by atoms with Gasteiger partial charge in [0.15, 0.2) is 0 Å². The predicted molar refractivity (Wildman–Crippen MR) is 82.5 cm³/mol. The lowest BCUT2D eigenvalue weighted by Crippen LogP contribution is -2.37. The van der Waals surface area contributed by atoms with Crippen molar-refractivity contribution in [1.29, 1.82) is 0 Å². The van der Waals surface area contributed by atoms with Crippen molar-refractivity contribution in [1.82, 2.24) is 4.90 Å². The van der Waals surface area contributed by atoms with Crippen molar-refractivity contribution >= 4 is 27.5 Å². The van der Waals surface area contributed by atoms with E-state index in [1.54, 1.807) is 0 Å². The highest BCUT2D eigenvalue weighted by Gasteiger charge is 2.21. The molecule has 100 valence electrons. The minimum atomic E-state index is 0.743. The Hall–Kier alpha value is -0.0500. The summed E-state index contributed by atoms with van der Waals surface area (Å²) in [4.78, 5) is 2.59. The number of hydrogen-bond donors (Lipinski definition) is 0. The topological polar surface area (TPSA) is 3.24 Å². The summed E-state index contributed by atoms with van der Waals surface area (Å²) < 4.78 is 0. The molecular weight excluding hydrogens is 310 g/mol. The molecular formula is C15H21BrClN. The van der Waals surface area contributed by atoms with E-state index in [1.165, 1.54) is 37.7 Å². The molecule has 18 heavy (non-hydrogen) atoms. The molecule has 0 heterocycles. The van der Waals surface area contributed by atoms with Gasteiger partial charge in [0.2, 0.25) is 0 Å². The van der Waals surface area contributed by atoms with Crippen molar-refractivity contribution in [3.05, 3.63) is 34.9 Å². The molecule has 0 aromatic heterocycles. The Labute approximate surface area is 124 Å². The van der Waals surface area contributed by atoms with Crippen LogP contribution in [0.3, 0.4) is 0 Å². The summed E-state index contributed by atoms with van der Waals surface area (Å²) in [7, 11) is 0. The quantitative estimate of drug-likeness (QED) is 0.696. The normalized spacial score (nSPS) is 17.3. The van der Waals surface area contributed by atoms with Gasteiger partial charge in [0, 0.05) is 29.5 Å². The van der Waals surface area contributed by atoms with E-state index in [0.29, 0.717) is 0 Å². The second kappa shape index (κ2) is 7.52. The summed E-state index contributed by atoms with van der Waals surface area (Å²) in [5, 5.41) is 1.93. The summed E-state index contributed by atoms with van der Waals surface area (Å²) >= 11 is 9.84. The van der Waals surface area contributed by atoms with Crippen LogP contribution in [0.1, 0.15) is 37.7 Å². The van der Waals surface area contributed by atoms with Gasteiger partial charge in [-0.25, -0.2) is 0 Å². The number of benzene rings is 1. The van der Waals surface area contributed by atoms with Gasteiger partial charge in [-0.15, -0.1) is 0 Å². The molecule has 1 fully saturated rings. The van der Waals surface area contributed by atoms with Gasteiger partial charge < -0.3 is 0 Å². The van der Waals surface area contributed by atoms with Gasteiger partial charge in [0.1, 0.15) is 0 Å². The number of hydrogen-bond acceptors (Lipinski definition) is 1. The SMILES string of the molecule is Clc1ccccc1CN(CCBr)C1CCCCC1. The average Bonchev–Trinajstić information content (AvgIpc) is 2.42. The van der Waals surface area contributed by atoms with E-state index in [0.717, 1.165) is 29.5 Å². The zero-order valence-electron chi connectivity index (χ0n) is 10.7. The van der Waals surface area contributed by atoms with Crippen LogP contribution in [0.25, 0.3) is 0 Å². The highest BCUT2D eigenvalue weighted by molar-refractivity contribution is 9.09. The fourth-order valence-corrected chi connectivity index (χ4v) is 3.44. The molecule has 1 aliphatic carbocycles. The lowest BCUT2D eigenvalue weighted by molar-refractivity contribution is 0.158. The molecule has 2 rings (SSSR count). The Morgan fingerprint density at radius 3 is 2.56 bits per heavy atom. The molecule has 1 saturated carbocycles. The molecule has 0 atom stereocenters. The summed E-state index contributed by atoms with van der Waals surface area (Å²) in [5.74, 6) is 0. The Morgan fingerprint density at radius 2 is 1.89 bits per heavy atom. The maximum Gasteiger partial charge on any atom is 0.0451 e. The largest absolute Gasteiger partial charge is 0.295 e. The molecule has 1 aromatic carbocycles. The van der Waals surface area contributed by atoms with E-state index in [2.05, 4.69) is 33.0 Å². The van der Waals surface area contributed by atoms with Crippen LogP contribution in [0, 0.1) is 0 Å². The lowest BCUT2D eigenvalue weighted by Gasteiger charge is -2.34. The van der Waals surface area contributed by atoms with E-state index >= 15 is 0 Å². The van der Waals surface area contributed by atoms with E-state index in [9.17, 15) is 0 Å². The second-order valence-electron chi connectivity index (χ2n) is 5.04. The maximum atomic E-state index is 6.27. The molecule has 0 aliphatic heterocycles. The van der Waals surface area contributed by atoms with Gasteiger partial charge >= 0.3 is 0 Å². The van der Waals surface area contributed by atoms with Crippen molar-refractivity contribution < 1.29 is 0 Å². The maximum absolute atomic E-state index is 6.27. The fraction of sp³-hybridized carbons (Fsp3) is 0.600. The number of nitrogens with zero attached hydrogens (tertiary/aromatic N) is 1. The van der Waals surface area contributed by atoms with Gasteiger partial charge in [0.25, 0.3) is 0 Å². The molecule has 0 saturated heterocycles. The van der Waals surface area contributed by atoms with Crippen molar-refractivity contribution in [2.45, 2.75) is 44.7 Å². The first-order valence-corrected chi connectivity index (χ1v) is 8.34. The predicted octanol–water partition coefficient (Wildman–Crippen LogP) is 4.87. The van der Waals surface area contributed by atoms with Crippen LogP contribution in [-0.4, -0.2) is 22.8 Å². The third-order valence-corrected chi connectivity index (χ3v) is 4.52. The van der Waals surface area contributed by atoms with Crippen LogP contribution < -0.4 is 0 Å². The number of halogens is 2. The number of rotatable bonds is 5. The minimum absolute atomic E-state index is 0.743. The van der Waals surface area contributed by atoms with Crippen LogP contribution in [0.4, 0.5) is 0 Å². The first-order valence-electron chi connectivity index (χ1n) is 6.84. The molecule has 0 bridgehead atoms. The molecule has 1 nitrogen and oxygen atoms in total.